The fourth-order valence-corrected chi connectivity index (χ4v) is 5.71. The Morgan fingerprint density at radius 2 is 1.02 bits per heavy atom. The van der Waals surface area contributed by atoms with Crippen LogP contribution in [0.15, 0.2) is 85.1 Å². The molecule has 0 aromatic rings. The van der Waals surface area contributed by atoms with Crippen LogP contribution < -0.4 is 5.73 Å². The van der Waals surface area contributed by atoms with Crippen LogP contribution in [0.25, 0.3) is 0 Å². The number of hydrogen-bond acceptors (Lipinski definition) is 7. The van der Waals surface area contributed by atoms with Crippen molar-refractivity contribution in [1.29, 1.82) is 0 Å². The summed E-state index contributed by atoms with van der Waals surface area (Å²) >= 11 is 0. The highest BCUT2D eigenvalue weighted by molar-refractivity contribution is 7.47. The molecule has 0 aromatic heterocycles. The predicted octanol–water partition coefficient (Wildman–Crippen LogP) is 11.7. The zero-order valence-electron chi connectivity index (χ0n) is 32.8. The first kappa shape index (κ1) is 49.7. The van der Waals surface area contributed by atoms with E-state index < -0.39 is 13.9 Å². The zero-order valence-corrected chi connectivity index (χ0v) is 33.7. The molecule has 0 amide bonds. The normalized spacial score (nSPS) is 14.5. The van der Waals surface area contributed by atoms with E-state index in [1.54, 1.807) is 0 Å². The molecule has 9 heteroatoms. The molecule has 0 bridgehead atoms. The lowest BCUT2D eigenvalue weighted by Crippen LogP contribution is -2.28. The molecule has 0 aliphatic rings. The van der Waals surface area contributed by atoms with Crippen molar-refractivity contribution < 1.29 is 32.8 Å². The minimum absolute atomic E-state index is 0.0888. The van der Waals surface area contributed by atoms with Crippen LogP contribution in [0.5, 0.6) is 0 Å². The van der Waals surface area contributed by atoms with Gasteiger partial charge in [0.1, 0.15) is 6.10 Å². The highest BCUT2D eigenvalue weighted by atomic mass is 31.2. The summed E-state index contributed by atoms with van der Waals surface area (Å²) in [5.41, 5.74) is 5.36. The number of nitrogens with two attached hydrogens (primary N) is 1. The van der Waals surface area contributed by atoms with Crippen LogP contribution in [0.1, 0.15) is 142 Å². The van der Waals surface area contributed by atoms with Crippen LogP contribution in [0.3, 0.4) is 0 Å². The first-order valence-corrected chi connectivity index (χ1v) is 21.6. The molecule has 2 atom stereocenters. The van der Waals surface area contributed by atoms with Crippen molar-refractivity contribution in [3.8, 4) is 0 Å². The summed E-state index contributed by atoms with van der Waals surface area (Å²) in [6.45, 7) is 4.59. The van der Waals surface area contributed by atoms with Crippen LogP contribution in [0.4, 0.5) is 0 Å². The Bertz CT molecular complexity index is 1060. The van der Waals surface area contributed by atoms with Crippen LogP contribution >= 0.6 is 7.82 Å². The number of rotatable bonds is 37. The summed E-state index contributed by atoms with van der Waals surface area (Å²) in [5.74, 6) is -0.357. The Hall–Kier alpha value is -2.32. The summed E-state index contributed by atoms with van der Waals surface area (Å²) in [5, 5.41) is 0. The van der Waals surface area contributed by atoms with Crippen molar-refractivity contribution >= 4 is 13.8 Å². The molecular formula is C43H74NO7P. The predicted molar refractivity (Wildman–Crippen MR) is 219 cm³/mol. The van der Waals surface area contributed by atoms with Crippen LogP contribution in [-0.2, 0) is 27.9 Å². The molecule has 52 heavy (non-hydrogen) atoms. The maximum Gasteiger partial charge on any atom is 0.472 e. The molecule has 8 nitrogen and oxygen atoms in total. The van der Waals surface area contributed by atoms with E-state index in [1.807, 2.05) is 0 Å². The van der Waals surface area contributed by atoms with E-state index in [4.69, 9.17) is 24.3 Å². The van der Waals surface area contributed by atoms with E-state index in [-0.39, 0.29) is 32.3 Å². The second-order valence-electron chi connectivity index (χ2n) is 12.7. The molecule has 0 saturated carbocycles. The van der Waals surface area contributed by atoms with Gasteiger partial charge < -0.3 is 20.1 Å². The number of phosphoric ester groups is 1. The average Bonchev–Trinajstić information content (AvgIpc) is 3.13. The number of allylic oxidation sites excluding steroid dienone is 14. The second-order valence-corrected chi connectivity index (χ2v) is 14.2. The lowest BCUT2D eigenvalue weighted by molar-refractivity contribution is -0.154. The van der Waals surface area contributed by atoms with Gasteiger partial charge in [0.2, 0.25) is 0 Å². The number of carbonyl (C=O) groups is 1. The number of unbranched alkanes of at least 4 members (excludes halogenated alkanes) is 10. The van der Waals surface area contributed by atoms with Crippen molar-refractivity contribution in [3.05, 3.63) is 85.1 Å². The quantitative estimate of drug-likeness (QED) is 0.0279. The molecule has 0 saturated heterocycles. The van der Waals surface area contributed by atoms with Gasteiger partial charge in [0.25, 0.3) is 0 Å². The van der Waals surface area contributed by atoms with E-state index >= 15 is 0 Å². The largest absolute Gasteiger partial charge is 0.472 e. The fraction of sp³-hybridized carbons (Fsp3) is 0.651. The maximum absolute atomic E-state index is 12.6. The summed E-state index contributed by atoms with van der Waals surface area (Å²) < 4.78 is 33.3. The van der Waals surface area contributed by atoms with Crippen LogP contribution in [-0.4, -0.2) is 49.9 Å². The summed E-state index contributed by atoms with van der Waals surface area (Å²) in [4.78, 5) is 22.4. The number of carbonyl (C=O) groups excluding carboxylic acids is 1. The maximum atomic E-state index is 12.6. The van der Waals surface area contributed by atoms with Gasteiger partial charge in [-0.15, -0.1) is 0 Å². The van der Waals surface area contributed by atoms with Gasteiger partial charge >= 0.3 is 13.8 Å². The number of esters is 1. The molecule has 0 aromatic carbocycles. The number of hydrogen-bond donors (Lipinski definition) is 2. The van der Waals surface area contributed by atoms with E-state index in [0.29, 0.717) is 13.0 Å². The van der Waals surface area contributed by atoms with Crippen molar-refractivity contribution in [2.24, 2.45) is 5.73 Å². The van der Waals surface area contributed by atoms with Crippen molar-refractivity contribution in [2.75, 3.05) is 33.0 Å². The summed E-state index contributed by atoms with van der Waals surface area (Å²) in [6, 6.07) is 0. The van der Waals surface area contributed by atoms with E-state index in [2.05, 4.69) is 98.9 Å². The number of ether oxygens (including phenoxy) is 2. The third kappa shape index (κ3) is 38.9. The Kier molecular flexibility index (Phi) is 38.1. The molecule has 0 aliphatic carbocycles. The smallest absolute Gasteiger partial charge is 0.457 e. The van der Waals surface area contributed by atoms with Gasteiger partial charge in [-0.3, -0.25) is 13.8 Å². The van der Waals surface area contributed by atoms with Crippen molar-refractivity contribution in [1.82, 2.24) is 0 Å². The fourth-order valence-electron chi connectivity index (χ4n) is 4.94. The van der Waals surface area contributed by atoms with E-state index in [9.17, 15) is 14.3 Å². The van der Waals surface area contributed by atoms with Gasteiger partial charge in [0, 0.05) is 19.6 Å². The molecule has 2 unspecified atom stereocenters. The molecule has 3 N–H and O–H groups in total. The summed E-state index contributed by atoms with van der Waals surface area (Å²) in [7, 11) is -4.29. The highest BCUT2D eigenvalue weighted by Crippen LogP contribution is 2.43. The molecule has 298 valence electrons. The Balaban J connectivity index is 4.15. The topological polar surface area (TPSA) is 117 Å². The van der Waals surface area contributed by atoms with Gasteiger partial charge in [0.15, 0.2) is 0 Å². The Morgan fingerprint density at radius 3 is 1.52 bits per heavy atom. The molecule has 0 rings (SSSR count). The molecule has 0 fully saturated rings. The average molecular weight is 748 g/mol. The monoisotopic (exact) mass is 748 g/mol. The lowest BCUT2D eigenvalue weighted by atomic mass is 10.1. The first-order valence-electron chi connectivity index (χ1n) is 20.1. The third-order valence-corrected chi connectivity index (χ3v) is 8.79. The zero-order chi connectivity index (χ0) is 38.1. The van der Waals surface area contributed by atoms with Gasteiger partial charge in [0.05, 0.1) is 19.8 Å². The van der Waals surface area contributed by atoms with Crippen LogP contribution in [0.2, 0.25) is 0 Å². The third-order valence-electron chi connectivity index (χ3n) is 7.81. The molecular weight excluding hydrogens is 673 g/mol. The van der Waals surface area contributed by atoms with Crippen LogP contribution in [0, 0.1) is 0 Å². The lowest BCUT2D eigenvalue weighted by Gasteiger charge is -2.20. The minimum Gasteiger partial charge on any atom is -0.457 e. The minimum atomic E-state index is -4.29. The van der Waals surface area contributed by atoms with Crippen molar-refractivity contribution in [2.45, 2.75) is 148 Å². The highest BCUT2D eigenvalue weighted by Gasteiger charge is 2.25. The molecule has 0 aliphatic heterocycles. The Morgan fingerprint density at radius 1 is 0.577 bits per heavy atom. The van der Waals surface area contributed by atoms with Gasteiger partial charge in [-0.2, -0.15) is 0 Å². The number of phosphoric acid groups is 1. The molecule has 0 radical (unpaired) electrons. The Labute approximate surface area is 318 Å². The van der Waals surface area contributed by atoms with Gasteiger partial charge in [-0.05, 0) is 83.5 Å². The summed E-state index contributed by atoms with van der Waals surface area (Å²) in [6.07, 6.45) is 50.3. The van der Waals surface area contributed by atoms with E-state index in [1.165, 1.54) is 12.8 Å². The first-order chi connectivity index (χ1) is 25.4. The SMILES string of the molecule is CC/C=C\C/C=C\C/C=C\C/C=C\CCCCCCCCC(=O)OC(COCCCCCC/C=C\C/C=C\C/C=C\CC)COP(=O)(O)OCCN. The second kappa shape index (κ2) is 39.9. The standard InChI is InChI=1S/C43H74NO7P/c1-3-5-7-9-11-13-15-17-19-20-21-22-23-24-26-28-30-32-34-36-43(45)51-42(41-50-52(46,47)49-39-37-44)40-48-38-35-33-31-29-27-25-18-16-14-12-10-8-6-4-2/h5-8,11-14,17-19,21-22,25,42H,3-4,9-10,15-16,20,23-24,26-41,44H2,1-2H3,(H,46,47)/b7-5-,8-6-,13-11-,14-12-,19-17-,22-21-,25-18-. The molecule has 0 spiro atoms. The van der Waals surface area contributed by atoms with E-state index in [0.717, 1.165) is 109 Å². The molecule has 0 heterocycles. The van der Waals surface area contributed by atoms with Crippen molar-refractivity contribution in [3.63, 3.8) is 0 Å². The van der Waals surface area contributed by atoms with Gasteiger partial charge in [-0.25, -0.2) is 4.57 Å². The van der Waals surface area contributed by atoms with Gasteiger partial charge in [-0.1, -0.05) is 137 Å².